The second-order valence-corrected chi connectivity index (χ2v) is 6.63. The summed E-state index contributed by atoms with van der Waals surface area (Å²) < 4.78 is 10.7. The van der Waals surface area contributed by atoms with Gasteiger partial charge in [0.1, 0.15) is 17.2 Å². The van der Waals surface area contributed by atoms with Crippen LogP contribution in [0.5, 0.6) is 11.5 Å². The first kappa shape index (κ1) is 20.3. The first-order valence-electron chi connectivity index (χ1n) is 9.04. The van der Waals surface area contributed by atoms with E-state index in [9.17, 15) is 20.2 Å². The van der Waals surface area contributed by atoms with E-state index in [1.165, 1.54) is 12.1 Å². The van der Waals surface area contributed by atoms with Crippen molar-refractivity contribution in [3.05, 3.63) is 62.2 Å². The maximum absolute atomic E-state index is 11.4. The fourth-order valence-corrected chi connectivity index (χ4v) is 3.43. The minimum absolute atomic E-state index is 0.248. The fraction of sp³-hybridized carbons (Fsp3) is 0.368. The molecule has 0 amide bonds. The van der Waals surface area contributed by atoms with Crippen LogP contribution >= 0.6 is 0 Å². The van der Waals surface area contributed by atoms with Crippen LogP contribution in [0.1, 0.15) is 5.56 Å². The molecular formula is C19H22N4O6. The van der Waals surface area contributed by atoms with Crippen molar-refractivity contribution in [2.45, 2.75) is 6.54 Å². The van der Waals surface area contributed by atoms with Gasteiger partial charge in [-0.2, -0.15) is 0 Å². The maximum atomic E-state index is 11.4. The Balaban J connectivity index is 1.71. The smallest absolute Gasteiger partial charge is 0.299 e. The Morgan fingerprint density at radius 1 is 0.931 bits per heavy atom. The number of non-ortho nitro benzene ring substituents is 1. The van der Waals surface area contributed by atoms with E-state index in [1.807, 2.05) is 23.1 Å². The van der Waals surface area contributed by atoms with Crippen LogP contribution in [0.15, 0.2) is 36.4 Å². The summed E-state index contributed by atoms with van der Waals surface area (Å²) in [6.07, 6.45) is 0. The number of hydrogen-bond donors (Lipinski definition) is 0. The molecule has 0 unspecified atom stereocenters. The maximum Gasteiger partial charge on any atom is 0.299 e. The molecule has 0 atom stereocenters. The molecule has 3 rings (SSSR count). The zero-order chi connectivity index (χ0) is 21.0. The topological polar surface area (TPSA) is 111 Å². The quantitative estimate of drug-likeness (QED) is 0.513. The van der Waals surface area contributed by atoms with Crippen molar-refractivity contribution in [3.8, 4) is 11.5 Å². The number of nitro groups is 2. The van der Waals surface area contributed by atoms with E-state index >= 15 is 0 Å². The number of benzene rings is 2. The van der Waals surface area contributed by atoms with Crippen molar-refractivity contribution in [1.82, 2.24) is 4.90 Å². The second-order valence-electron chi connectivity index (χ2n) is 6.63. The molecule has 1 aliphatic rings. The van der Waals surface area contributed by atoms with Crippen molar-refractivity contribution < 1.29 is 19.3 Å². The molecule has 1 fully saturated rings. The van der Waals surface area contributed by atoms with Crippen LogP contribution < -0.4 is 14.4 Å². The van der Waals surface area contributed by atoms with Gasteiger partial charge in [0.15, 0.2) is 0 Å². The highest BCUT2D eigenvalue weighted by molar-refractivity contribution is 5.67. The number of hydrogen-bond acceptors (Lipinski definition) is 8. The molecule has 0 aliphatic carbocycles. The predicted molar refractivity (Wildman–Crippen MR) is 107 cm³/mol. The Hall–Kier alpha value is -3.40. The van der Waals surface area contributed by atoms with Crippen molar-refractivity contribution in [3.63, 3.8) is 0 Å². The average molecular weight is 402 g/mol. The Morgan fingerprint density at radius 2 is 1.66 bits per heavy atom. The predicted octanol–water partition coefficient (Wildman–Crippen LogP) is 2.84. The number of nitro benzene ring substituents is 2. The van der Waals surface area contributed by atoms with Crippen LogP contribution in [-0.4, -0.2) is 55.1 Å². The van der Waals surface area contributed by atoms with Gasteiger partial charge in [-0.05, 0) is 24.3 Å². The van der Waals surface area contributed by atoms with Crippen LogP contribution in [0.2, 0.25) is 0 Å². The van der Waals surface area contributed by atoms with Gasteiger partial charge >= 0.3 is 0 Å². The van der Waals surface area contributed by atoms with E-state index in [-0.39, 0.29) is 11.4 Å². The van der Waals surface area contributed by atoms with E-state index in [2.05, 4.69) is 4.90 Å². The van der Waals surface area contributed by atoms with Gasteiger partial charge in [0, 0.05) is 44.4 Å². The molecule has 0 saturated carbocycles. The molecule has 0 N–H and O–H groups in total. The zero-order valence-corrected chi connectivity index (χ0v) is 16.2. The van der Waals surface area contributed by atoms with Gasteiger partial charge < -0.3 is 14.4 Å². The van der Waals surface area contributed by atoms with Gasteiger partial charge in [-0.25, -0.2) is 0 Å². The van der Waals surface area contributed by atoms with Crippen LogP contribution in [0.3, 0.4) is 0 Å². The van der Waals surface area contributed by atoms with E-state index in [0.717, 1.165) is 23.1 Å². The van der Waals surface area contributed by atoms with Gasteiger partial charge in [0.05, 0.1) is 30.1 Å². The third-order valence-electron chi connectivity index (χ3n) is 4.96. The zero-order valence-electron chi connectivity index (χ0n) is 16.2. The molecule has 29 heavy (non-hydrogen) atoms. The lowest BCUT2D eigenvalue weighted by Gasteiger charge is -2.36. The number of ether oxygens (including phenoxy) is 2. The van der Waals surface area contributed by atoms with Crippen molar-refractivity contribution >= 4 is 17.1 Å². The molecule has 0 spiro atoms. The Bertz CT molecular complexity index is 912. The van der Waals surface area contributed by atoms with Crippen molar-refractivity contribution in [2.24, 2.45) is 0 Å². The van der Waals surface area contributed by atoms with Crippen LogP contribution in [0.25, 0.3) is 0 Å². The summed E-state index contributed by atoms with van der Waals surface area (Å²) in [5, 5.41) is 22.3. The summed E-state index contributed by atoms with van der Waals surface area (Å²) in [5.41, 5.74) is 0.868. The molecular weight excluding hydrogens is 380 g/mol. The molecule has 2 aromatic carbocycles. The summed E-state index contributed by atoms with van der Waals surface area (Å²) in [7, 11) is 3.23. The van der Waals surface area contributed by atoms with Gasteiger partial charge in [-0.1, -0.05) is 0 Å². The van der Waals surface area contributed by atoms with Crippen LogP contribution in [0.4, 0.5) is 17.1 Å². The lowest BCUT2D eigenvalue weighted by atomic mass is 10.1. The third kappa shape index (κ3) is 4.54. The van der Waals surface area contributed by atoms with E-state index in [0.29, 0.717) is 38.4 Å². The summed E-state index contributed by atoms with van der Waals surface area (Å²) in [6, 6.07) is 9.42. The molecule has 1 saturated heterocycles. The average Bonchev–Trinajstić information content (AvgIpc) is 2.73. The third-order valence-corrected chi connectivity index (χ3v) is 4.96. The molecule has 0 radical (unpaired) electrons. The second kappa shape index (κ2) is 8.74. The summed E-state index contributed by atoms with van der Waals surface area (Å²) >= 11 is 0. The molecule has 0 aromatic heterocycles. The molecule has 2 aromatic rings. The number of nitrogens with zero attached hydrogens (tertiary/aromatic N) is 4. The molecule has 0 bridgehead atoms. The van der Waals surface area contributed by atoms with Crippen molar-refractivity contribution in [2.75, 3.05) is 45.3 Å². The van der Waals surface area contributed by atoms with Gasteiger partial charge in [-0.3, -0.25) is 25.1 Å². The summed E-state index contributed by atoms with van der Waals surface area (Å²) in [6.45, 7) is 3.19. The molecule has 10 nitrogen and oxygen atoms in total. The SMILES string of the molecule is COc1ccc(OC)c(CN2CCN(c3ccc([N+](=O)[O-])cc3[N+](=O)[O-])CC2)c1. The Morgan fingerprint density at radius 3 is 2.24 bits per heavy atom. The number of piperazine rings is 1. The number of rotatable bonds is 7. The Kier molecular flexibility index (Phi) is 6.13. The first-order chi connectivity index (χ1) is 13.9. The number of anilines is 1. The minimum Gasteiger partial charge on any atom is -0.497 e. The minimum atomic E-state index is -0.629. The fourth-order valence-electron chi connectivity index (χ4n) is 3.43. The Labute approximate surface area is 167 Å². The standard InChI is InChI=1S/C19H22N4O6/c1-28-16-4-6-19(29-2)14(11-16)13-20-7-9-21(10-8-20)17-5-3-15(22(24)25)12-18(17)23(26)27/h3-6,11-12H,7-10,13H2,1-2H3. The van der Waals surface area contributed by atoms with Gasteiger partial charge in [0.25, 0.3) is 11.4 Å². The first-order valence-corrected chi connectivity index (χ1v) is 9.04. The largest absolute Gasteiger partial charge is 0.497 e. The van der Waals surface area contributed by atoms with Crippen LogP contribution in [0, 0.1) is 20.2 Å². The highest BCUT2D eigenvalue weighted by Gasteiger charge is 2.26. The van der Waals surface area contributed by atoms with Crippen LogP contribution in [-0.2, 0) is 6.54 Å². The highest BCUT2D eigenvalue weighted by atomic mass is 16.6. The molecule has 10 heteroatoms. The van der Waals surface area contributed by atoms with E-state index in [4.69, 9.17) is 9.47 Å². The molecule has 1 aliphatic heterocycles. The summed E-state index contributed by atoms with van der Waals surface area (Å²) in [4.78, 5) is 25.2. The van der Waals surface area contributed by atoms with Gasteiger partial charge in [0.2, 0.25) is 0 Å². The summed E-state index contributed by atoms with van der Waals surface area (Å²) in [5.74, 6) is 1.53. The normalized spacial score (nSPS) is 14.5. The lowest BCUT2D eigenvalue weighted by molar-refractivity contribution is -0.393. The van der Waals surface area contributed by atoms with E-state index in [1.54, 1.807) is 14.2 Å². The molecule has 1 heterocycles. The van der Waals surface area contributed by atoms with Gasteiger partial charge in [-0.15, -0.1) is 0 Å². The lowest BCUT2D eigenvalue weighted by Crippen LogP contribution is -2.46. The monoisotopic (exact) mass is 402 g/mol. The molecule has 154 valence electrons. The van der Waals surface area contributed by atoms with Crippen molar-refractivity contribution in [1.29, 1.82) is 0 Å². The number of methoxy groups -OCH3 is 2. The van der Waals surface area contributed by atoms with E-state index < -0.39 is 9.85 Å². The highest BCUT2D eigenvalue weighted by Crippen LogP contribution is 2.33.